The molecule has 0 spiro atoms. The van der Waals surface area contributed by atoms with Crippen molar-refractivity contribution in [2.45, 2.75) is 19.4 Å². The minimum absolute atomic E-state index is 0.0790. The standard InChI is InChI=1S/C14H22N2O3/c1-16(13(17)8-5-9-15)10-11-6-4-7-12(18-2)14(11)19-3/h4,6-7H,5,8-10,15H2,1-3H3. The molecule has 0 saturated carbocycles. The predicted molar refractivity (Wildman–Crippen MR) is 74.3 cm³/mol. The van der Waals surface area contributed by atoms with Crippen molar-refractivity contribution in [3.8, 4) is 11.5 Å². The van der Waals surface area contributed by atoms with Crippen LogP contribution >= 0.6 is 0 Å². The van der Waals surface area contributed by atoms with E-state index in [4.69, 9.17) is 15.2 Å². The highest BCUT2D eigenvalue weighted by Gasteiger charge is 2.14. The summed E-state index contributed by atoms with van der Waals surface area (Å²) in [6, 6.07) is 5.64. The molecule has 0 bridgehead atoms. The molecule has 0 radical (unpaired) electrons. The predicted octanol–water partition coefficient (Wildman–Crippen LogP) is 1.40. The molecule has 2 N–H and O–H groups in total. The Bertz CT molecular complexity index is 421. The Morgan fingerprint density at radius 2 is 2.05 bits per heavy atom. The minimum atomic E-state index is 0.0790. The van der Waals surface area contributed by atoms with Gasteiger partial charge in [0.05, 0.1) is 14.2 Å². The molecule has 0 aliphatic carbocycles. The van der Waals surface area contributed by atoms with Crippen molar-refractivity contribution < 1.29 is 14.3 Å². The van der Waals surface area contributed by atoms with E-state index in [9.17, 15) is 4.79 Å². The Morgan fingerprint density at radius 1 is 1.32 bits per heavy atom. The van der Waals surface area contributed by atoms with Gasteiger partial charge in [0.1, 0.15) is 0 Å². The number of nitrogens with two attached hydrogens (primary N) is 1. The van der Waals surface area contributed by atoms with E-state index in [0.717, 1.165) is 5.56 Å². The number of methoxy groups -OCH3 is 2. The van der Waals surface area contributed by atoms with Crippen LogP contribution in [0.3, 0.4) is 0 Å². The molecule has 0 heterocycles. The normalized spacial score (nSPS) is 10.1. The molecule has 0 fully saturated rings. The van der Waals surface area contributed by atoms with E-state index < -0.39 is 0 Å². The molecule has 5 heteroatoms. The van der Waals surface area contributed by atoms with Crippen LogP contribution in [0.1, 0.15) is 18.4 Å². The van der Waals surface area contributed by atoms with Crippen LogP contribution in [0.25, 0.3) is 0 Å². The van der Waals surface area contributed by atoms with Gasteiger partial charge in [-0.25, -0.2) is 0 Å². The lowest BCUT2D eigenvalue weighted by Gasteiger charge is -2.19. The highest BCUT2D eigenvalue weighted by atomic mass is 16.5. The molecule has 1 aromatic rings. The van der Waals surface area contributed by atoms with E-state index in [-0.39, 0.29) is 5.91 Å². The van der Waals surface area contributed by atoms with Gasteiger partial charge in [-0.3, -0.25) is 4.79 Å². The first kappa shape index (κ1) is 15.3. The van der Waals surface area contributed by atoms with Gasteiger partial charge in [0.25, 0.3) is 0 Å². The van der Waals surface area contributed by atoms with Crippen LogP contribution in [0.15, 0.2) is 18.2 Å². The van der Waals surface area contributed by atoms with Crippen LogP contribution in [0.2, 0.25) is 0 Å². The molecule has 1 rings (SSSR count). The summed E-state index contributed by atoms with van der Waals surface area (Å²) in [6.45, 7) is 1.02. The lowest BCUT2D eigenvalue weighted by Crippen LogP contribution is -2.26. The maximum absolute atomic E-state index is 11.9. The average molecular weight is 266 g/mol. The van der Waals surface area contributed by atoms with Crippen LogP contribution in [-0.4, -0.2) is 38.6 Å². The van der Waals surface area contributed by atoms with E-state index in [1.54, 1.807) is 26.2 Å². The number of carbonyl (C=O) groups is 1. The topological polar surface area (TPSA) is 64.8 Å². The Kier molecular flexibility index (Phi) is 6.15. The van der Waals surface area contributed by atoms with Crippen molar-refractivity contribution in [3.05, 3.63) is 23.8 Å². The van der Waals surface area contributed by atoms with Crippen LogP contribution < -0.4 is 15.2 Å². The smallest absolute Gasteiger partial charge is 0.222 e. The summed E-state index contributed by atoms with van der Waals surface area (Å²) in [5, 5.41) is 0. The molecule has 1 aromatic carbocycles. The molecule has 0 aromatic heterocycles. The first-order chi connectivity index (χ1) is 9.13. The minimum Gasteiger partial charge on any atom is -0.493 e. The largest absolute Gasteiger partial charge is 0.493 e. The Hall–Kier alpha value is -1.75. The number of hydrogen-bond acceptors (Lipinski definition) is 4. The molecule has 1 amide bonds. The van der Waals surface area contributed by atoms with Gasteiger partial charge >= 0.3 is 0 Å². The average Bonchev–Trinajstić information content (AvgIpc) is 2.44. The molecule has 0 atom stereocenters. The Labute approximate surface area is 114 Å². The molecule has 0 aliphatic heterocycles. The summed E-state index contributed by atoms with van der Waals surface area (Å²) in [7, 11) is 4.97. The van der Waals surface area contributed by atoms with Crippen molar-refractivity contribution in [3.63, 3.8) is 0 Å². The zero-order valence-electron chi connectivity index (χ0n) is 11.8. The number of para-hydroxylation sites is 1. The van der Waals surface area contributed by atoms with Crippen LogP contribution in [0.4, 0.5) is 0 Å². The third-order valence-electron chi connectivity index (χ3n) is 2.91. The maximum Gasteiger partial charge on any atom is 0.222 e. The third-order valence-corrected chi connectivity index (χ3v) is 2.91. The first-order valence-electron chi connectivity index (χ1n) is 6.28. The summed E-state index contributed by atoms with van der Waals surface area (Å²) in [4.78, 5) is 13.5. The zero-order valence-corrected chi connectivity index (χ0v) is 11.8. The Balaban J connectivity index is 2.78. The van der Waals surface area contributed by atoms with Crippen molar-refractivity contribution in [2.75, 3.05) is 27.8 Å². The fraction of sp³-hybridized carbons (Fsp3) is 0.500. The van der Waals surface area contributed by atoms with E-state index in [2.05, 4.69) is 0 Å². The molecule has 0 aliphatic rings. The van der Waals surface area contributed by atoms with E-state index >= 15 is 0 Å². The van der Waals surface area contributed by atoms with Crippen LogP contribution in [0.5, 0.6) is 11.5 Å². The van der Waals surface area contributed by atoms with E-state index in [1.807, 2.05) is 18.2 Å². The SMILES string of the molecule is COc1cccc(CN(C)C(=O)CCCN)c1OC. The summed E-state index contributed by atoms with van der Waals surface area (Å²) in [6.07, 6.45) is 1.18. The van der Waals surface area contributed by atoms with Gasteiger partial charge in [0, 0.05) is 25.6 Å². The summed E-state index contributed by atoms with van der Waals surface area (Å²) < 4.78 is 10.6. The monoisotopic (exact) mass is 266 g/mol. The van der Waals surface area contributed by atoms with Gasteiger partial charge in [0.15, 0.2) is 11.5 Å². The molecule has 5 nitrogen and oxygen atoms in total. The number of amides is 1. The van der Waals surface area contributed by atoms with Crippen molar-refractivity contribution in [2.24, 2.45) is 5.73 Å². The second-order valence-corrected chi connectivity index (χ2v) is 4.29. The number of rotatable bonds is 7. The number of carbonyl (C=O) groups excluding carboxylic acids is 1. The van der Waals surface area contributed by atoms with Crippen molar-refractivity contribution in [1.29, 1.82) is 0 Å². The number of benzene rings is 1. The summed E-state index contributed by atoms with van der Waals surface area (Å²) in [5.74, 6) is 1.42. The number of ether oxygens (including phenoxy) is 2. The van der Waals surface area contributed by atoms with Gasteiger partial charge in [-0.1, -0.05) is 12.1 Å². The first-order valence-corrected chi connectivity index (χ1v) is 6.28. The maximum atomic E-state index is 11.9. The van der Waals surface area contributed by atoms with Gasteiger partial charge in [0.2, 0.25) is 5.91 Å². The lowest BCUT2D eigenvalue weighted by molar-refractivity contribution is -0.130. The molecular formula is C14H22N2O3. The Morgan fingerprint density at radius 3 is 2.63 bits per heavy atom. The second-order valence-electron chi connectivity index (χ2n) is 4.29. The summed E-state index contributed by atoms with van der Waals surface area (Å²) >= 11 is 0. The van der Waals surface area contributed by atoms with Crippen LogP contribution in [-0.2, 0) is 11.3 Å². The van der Waals surface area contributed by atoms with Crippen molar-refractivity contribution in [1.82, 2.24) is 4.90 Å². The molecule has 0 unspecified atom stereocenters. The van der Waals surface area contributed by atoms with Gasteiger partial charge < -0.3 is 20.1 Å². The highest BCUT2D eigenvalue weighted by Crippen LogP contribution is 2.31. The van der Waals surface area contributed by atoms with Crippen LogP contribution in [0, 0.1) is 0 Å². The fourth-order valence-corrected chi connectivity index (χ4v) is 1.87. The number of nitrogens with zero attached hydrogens (tertiary/aromatic N) is 1. The van der Waals surface area contributed by atoms with Gasteiger partial charge in [-0.05, 0) is 19.0 Å². The van der Waals surface area contributed by atoms with Crippen molar-refractivity contribution >= 4 is 5.91 Å². The van der Waals surface area contributed by atoms with E-state index in [0.29, 0.717) is 37.4 Å². The third kappa shape index (κ3) is 4.13. The van der Waals surface area contributed by atoms with Gasteiger partial charge in [-0.2, -0.15) is 0 Å². The highest BCUT2D eigenvalue weighted by molar-refractivity contribution is 5.76. The molecular weight excluding hydrogens is 244 g/mol. The fourth-order valence-electron chi connectivity index (χ4n) is 1.87. The molecule has 0 saturated heterocycles. The second kappa shape index (κ2) is 7.63. The van der Waals surface area contributed by atoms with E-state index in [1.165, 1.54) is 0 Å². The zero-order chi connectivity index (χ0) is 14.3. The molecule has 19 heavy (non-hydrogen) atoms. The number of hydrogen-bond donors (Lipinski definition) is 1. The quantitative estimate of drug-likeness (QED) is 0.810. The lowest BCUT2D eigenvalue weighted by atomic mass is 10.1. The van der Waals surface area contributed by atoms with Gasteiger partial charge in [-0.15, -0.1) is 0 Å². The summed E-state index contributed by atoms with van der Waals surface area (Å²) in [5.41, 5.74) is 6.33. The molecule has 106 valence electrons.